The number of nitrogens with zero attached hydrogens (tertiary/aromatic N) is 3. The Morgan fingerprint density at radius 1 is 1.29 bits per heavy atom. The van der Waals surface area contributed by atoms with E-state index < -0.39 is 37.3 Å². The van der Waals surface area contributed by atoms with Gasteiger partial charge in [0.1, 0.15) is 12.2 Å². The molecule has 4 N–H and O–H groups in total. The number of azide groups is 1. The summed E-state index contributed by atoms with van der Waals surface area (Å²) >= 11 is 0. The molecule has 0 aromatic rings. The van der Waals surface area contributed by atoms with Gasteiger partial charge in [-0.05, 0) is 5.53 Å². The highest BCUT2D eigenvalue weighted by molar-refractivity contribution is 4.93. The smallest absolute Gasteiger partial charge is 0.181 e. The average Bonchev–Trinajstić information content (AvgIpc) is 2.18. The van der Waals surface area contributed by atoms with E-state index in [4.69, 9.17) is 15.7 Å². The van der Waals surface area contributed by atoms with Gasteiger partial charge in [-0.15, -0.1) is 0 Å². The SMILES string of the molecule is [N-]=[N+]=NC1C(O)C(CO)O[C@@H](O)C1O. The van der Waals surface area contributed by atoms with Crippen LogP contribution in [0.5, 0.6) is 0 Å². The lowest BCUT2D eigenvalue weighted by Gasteiger charge is -2.37. The van der Waals surface area contributed by atoms with Crippen molar-refractivity contribution in [3.8, 4) is 0 Å². The third kappa shape index (κ3) is 1.95. The fraction of sp³-hybridized carbons (Fsp3) is 1.00. The van der Waals surface area contributed by atoms with E-state index in [1.54, 1.807) is 0 Å². The van der Waals surface area contributed by atoms with Gasteiger partial charge in [-0.3, -0.25) is 0 Å². The van der Waals surface area contributed by atoms with Crippen LogP contribution in [0.3, 0.4) is 0 Å². The van der Waals surface area contributed by atoms with Crippen molar-refractivity contribution in [1.29, 1.82) is 0 Å². The molecular weight excluding hydrogens is 194 g/mol. The molecule has 1 heterocycles. The molecule has 1 aliphatic rings. The van der Waals surface area contributed by atoms with Crippen molar-refractivity contribution in [1.82, 2.24) is 0 Å². The third-order valence-electron chi connectivity index (χ3n) is 2.05. The van der Waals surface area contributed by atoms with Crippen molar-refractivity contribution in [2.45, 2.75) is 30.6 Å². The molecule has 8 heteroatoms. The Balaban J connectivity index is 2.82. The van der Waals surface area contributed by atoms with Gasteiger partial charge in [-0.1, -0.05) is 5.11 Å². The molecular formula is C6H11N3O5. The van der Waals surface area contributed by atoms with Crippen LogP contribution in [0.1, 0.15) is 0 Å². The topological polar surface area (TPSA) is 139 Å². The van der Waals surface area contributed by atoms with Crippen LogP contribution in [0, 0.1) is 0 Å². The van der Waals surface area contributed by atoms with Crippen molar-refractivity contribution < 1.29 is 25.2 Å². The lowest BCUT2D eigenvalue weighted by Crippen LogP contribution is -2.57. The van der Waals surface area contributed by atoms with E-state index in [1.807, 2.05) is 0 Å². The van der Waals surface area contributed by atoms with E-state index in [2.05, 4.69) is 14.8 Å². The van der Waals surface area contributed by atoms with Gasteiger partial charge < -0.3 is 25.2 Å². The zero-order valence-corrected chi connectivity index (χ0v) is 7.13. The normalized spacial score (nSPS) is 43.0. The lowest BCUT2D eigenvalue weighted by atomic mass is 9.97. The number of hydrogen-bond acceptors (Lipinski definition) is 6. The molecule has 14 heavy (non-hydrogen) atoms. The van der Waals surface area contributed by atoms with Crippen LogP contribution in [0.25, 0.3) is 10.4 Å². The van der Waals surface area contributed by atoms with E-state index >= 15 is 0 Å². The van der Waals surface area contributed by atoms with Crippen molar-refractivity contribution in [2.75, 3.05) is 6.61 Å². The minimum absolute atomic E-state index is 0.539. The first-order chi connectivity index (χ1) is 6.61. The van der Waals surface area contributed by atoms with Crippen LogP contribution in [0.4, 0.5) is 0 Å². The van der Waals surface area contributed by atoms with Crippen LogP contribution in [0.2, 0.25) is 0 Å². The largest absolute Gasteiger partial charge is 0.394 e. The summed E-state index contributed by atoms with van der Waals surface area (Å²) in [5.41, 5.74) is 8.15. The highest BCUT2D eigenvalue weighted by Crippen LogP contribution is 2.22. The van der Waals surface area contributed by atoms with E-state index in [0.717, 1.165) is 0 Å². The number of aliphatic hydroxyl groups is 4. The van der Waals surface area contributed by atoms with Crippen molar-refractivity contribution in [3.05, 3.63) is 10.4 Å². The van der Waals surface area contributed by atoms with Crippen molar-refractivity contribution >= 4 is 0 Å². The molecule has 0 saturated carbocycles. The summed E-state index contributed by atoms with van der Waals surface area (Å²) in [6.45, 7) is -0.539. The second-order valence-corrected chi connectivity index (χ2v) is 2.92. The first-order valence-electron chi connectivity index (χ1n) is 3.96. The van der Waals surface area contributed by atoms with Gasteiger partial charge in [0, 0.05) is 4.91 Å². The Labute approximate surface area is 79.0 Å². The monoisotopic (exact) mass is 205 g/mol. The van der Waals surface area contributed by atoms with Gasteiger partial charge in [-0.2, -0.15) is 0 Å². The van der Waals surface area contributed by atoms with E-state index in [1.165, 1.54) is 0 Å². The molecule has 1 saturated heterocycles. The molecule has 0 bridgehead atoms. The highest BCUT2D eigenvalue weighted by Gasteiger charge is 2.43. The molecule has 1 rings (SSSR count). The maximum absolute atomic E-state index is 9.43. The van der Waals surface area contributed by atoms with Crippen LogP contribution < -0.4 is 0 Å². The van der Waals surface area contributed by atoms with Gasteiger partial charge in [0.05, 0.1) is 18.8 Å². The molecule has 80 valence electrons. The van der Waals surface area contributed by atoms with E-state index in [9.17, 15) is 10.2 Å². The number of hydrogen-bond donors (Lipinski definition) is 4. The van der Waals surface area contributed by atoms with E-state index in [0.29, 0.717) is 0 Å². The Hall–Kier alpha value is -0.890. The molecule has 1 fully saturated rings. The van der Waals surface area contributed by atoms with Crippen LogP contribution in [-0.2, 0) is 4.74 Å². The predicted octanol–water partition coefficient (Wildman–Crippen LogP) is -1.90. The van der Waals surface area contributed by atoms with Crippen molar-refractivity contribution in [3.63, 3.8) is 0 Å². The Morgan fingerprint density at radius 2 is 1.93 bits per heavy atom. The quantitative estimate of drug-likeness (QED) is 0.237. The summed E-state index contributed by atoms with van der Waals surface area (Å²) in [6, 6.07) is -1.22. The third-order valence-corrected chi connectivity index (χ3v) is 2.05. The van der Waals surface area contributed by atoms with Crippen LogP contribution >= 0.6 is 0 Å². The maximum atomic E-state index is 9.43. The first kappa shape index (κ1) is 11.2. The van der Waals surface area contributed by atoms with Gasteiger partial charge in [0.15, 0.2) is 6.29 Å². The fourth-order valence-corrected chi connectivity index (χ4v) is 1.28. The van der Waals surface area contributed by atoms with Gasteiger partial charge >= 0.3 is 0 Å². The minimum Gasteiger partial charge on any atom is -0.394 e. The van der Waals surface area contributed by atoms with Gasteiger partial charge in [0.25, 0.3) is 0 Å². The Bertz CT molecular complexity index is 244. The van der Waals surface area contributed by atoms with Gasteiger partial charge in [-0.25, -0.2) is 0 Å². The first-order valence-corrected chi connectivity index (χ1v) is 3.96. The number of rotatable bonds is 2. The summed E-state index contributed by atoms with van der Waals surface area (Å²) in [4.78, 5) is 2.42. The van der Waals surface area contributed by atoms with Crippen LogP contribution in [0.15, 0.2) is 5.11 Å². The van der Waals surface area contributed by atoms with Crippen LogP contribution in [-0.4, -0.2) is 57.7 Å². The molecule has 0 radical (unpaired) electrons. The minimum atomic E-state index is -1.58. The molecule has 4 unspecified atom stereocenters. The Morgan fingerprint density at radius 3 is 2.43 bits per heavy atom. The summed E-state index contributed by atoms with van der Waals surface area (Å²) in [6.07, 6.45) is -5.48. The molecule has 1 aliphatic heterocycles. The molecule has 0 aromatic heterocycles. The molecule has 0 amide bonds. The number of aliphatic hydroxyl groups excluding tert-OH is 4. The molecule has 0 aliphatic carbocycles. The second-order valence-electron chi connectivity index (χ2n) is 2.92. The summed E-state index contributed by atoms with van der Waals surface area (Å²) < 4.78 is 4.66. The Kier molecular flexibility index (Phi) is 3.64. The van der Waals surface area contributed by atoms with Gasteiger partial charge in [0.2, 0.25) is 0 Å². The highest BCUT2D eigenvalue weighted by atomic mass is 16.6. The zero-order valence-electron chi connectivity index (χ0n) is 7.13. The van der Waals surface area contributed by atoms with E-state index in [-0.39, 0.29) is 0 Å². The predicted molar refractivity (Wildman–Crippen MR) is 42.9 cm³/mol. The summed E-state index contributed by atoms with van der Waals surface area (Å²) in [5, 5.41) is 39.7. The summed E-state index contributed by atoms with van der Waals surface area (Å²) in [7, 11) is 0. The molecule has 0 spiro atoms. The average molecular weight is 205 g/mol. The molecule has 5 atom stereocenters. The van der Waals surface area contributed by atoms with Crippen molar-refractivity contribution in [2.24, 2.45) is 5.11 Å². The fourth-order valence-electron chi connectivity index (χ4n) is 1.28. The molecule has 8 nitrogen and oxygen atoms in total. The summed E-state index contributed by atoms with van der Waals surface area (Å²) in [5.74, 6) is 0. The maximum Gasteiger partial charge on any atom is 0.181 e. The second kappa shape index (κ2) is 4.56. The number of ether oxygens (including phenoxy) is 1. The molecule has 0 aromatic carbocycles. The zero-order chi connectivity index (χ0) is 10.7. The lowest BCUT2D eigenvalue weighted by molar-refractivity contribution is -0.258. The standard InChI is InChI=1S/C6H11N3O5/c7-9-8-3-4(11)2(1-10)14-6(13)5(3)12/h2-6,10-13H,1H2/t2?,3?,4?,5?,6-/m1/s1.